The van der Waals surface area contributed by atoms with Gasteiger partial charge in [0.1, 0.15) is 40.5 Å². The molecular weight excluding hydrogens is 440 g/mol. The van der Waals surface area contributed by atoms with Crippen LogP contribution in [0.4, 0.5) is 0 Å². The molecule has 7 nitrogen and oxygen atoms in total. The number of aliphatic hydroxyl groups is 4. The number of unbranched alkanes of at least 4 members (excludes halogenated alkanes) is 4. The summed E-state index contributed by atoms with van der Waals surface area (Å²) < 4.78 is 5.66. The van der Waals surface area contributed by atoms with Gasteiger partial charge in [-0.1, -0.05) is 56.3 Å². The molecule has 0 bridgehead atoms. The third-order valence-corrected chi connectivity index (χ3v) is 6.99. The van der Waals surface area contributed by atoms with E-state index >= 15 is 0 Å². The van der Waals surface area contributed by atoms with E-state index in [0.717, 1.165) is 28.4 Å². The standard InChI is InChI=1S/C22H31ClN2O5S/c1-2-3-4-5-6-7-17-24-25-18(31-17)11-14-10-13(8-9-15(14)23)22-21(29)20(28)19(27)16(12-26)30-22/h8-10,16,19-22,26-29H,2-7,11-12H2,1H3. The Morgan fingerprint density at radius 3 is 2.48 bits per heavy atom. The van der Waals surface area contributed by atoms with E-state index in [9.17, 15) is 20.4 Å². The molecule has 1 fully saturated rings. The maximum absolute atomic E-state index is 10.4. The average Bonchev–Trinajstić information content (AvgIpc) is 3.21. The second-order valence-corrected chi connectivity index (χ2v) is 9.58. The Bertz CT molecular complexity index is 834. The number of aliphatic hydroxyl groups excluding tert-OH is 4. The van der Waals surface area contributed by atoms with Gasteiger partial charge in [-0.25, -0.2) is 0 Å². The molecule has 5 unspecified atom stereocenters. The molecule has 1 aromatic heterocycles. The van der Waals surface area contributed by atoms with Crippen molar-refractivity contribution in [3.8, 4) is 0 Å². The first-order valence-electron chi connectivity index (χ1n) is 10.8. The van der Waals surface area contributed by atoms with Gasteiger partial charge in [-0.05, 0) is 23.6 Å². The molecule has 0 aliphatic carbocycles. The van der Waals surface area contributed by atoms with Crippen LogP contribution in [0.3, 0.4) is 0 Å². The minimum atomic E-state index is -1.42. The third kappa shape index (κ3) is 6.22. The summed E-state index contributed by atoms with van der Waals surface area (Å²) in [6.45, 7) is 1.74. The lowest BCUT2D eigenvalue weighted by Gasteiger charge is -2.40. The lowest BCUT2D eigenvalue weighted by atomic mass is 9.90. The topological polar surface area (TPSA) is 116 Å². The largest absolute Gasteiger partial charge is 0.394 e. The fraction of sp³-hybridized carbons (Fsp3) is 0.636. The Balaban J connectivity index is 1.68. The first-order chi connectivity index (χ1) is 14.9. The van der Waals surface area contributed by atoms with Gasteiger partial charge in [-0.15, -0.1) is 21.5 Å². The van der Waals surface area contributed by atoms with E-state index in [0.29, 0.717) is 17.0 Å². The van der Waals surface area contributed by atoms with Crippen LogP contribution in [0.5, 0.6) is 0 Å². The van der Waals surface area contributed by atoms with Gasteiger partial charge < -0.3 is 25.2 Å². The Labute approximate surface area is 191 Å². The van der Waals surface area contributed by atoms with Crippen molar-refractivity contribution in [2.24, 2.45) is 0 Å². The molecule has 31 heavy (non-hydrogen) atoms. The van der Waals surface area contributed by atoms with E-state index in [4.69, 9.17) is 16.3 Å². The SMILES string of the molecule is CCCCCCCc1nnc(Cc2cc(C3OC(CO)C(O)C(O)C3O)ccc2Cl)s1. The highest BCUT2D eigenvalue weighted by Crippen LogP contribution is 2.34. The normalized spacial score (nSPS) is 26.3. The summed E-state index contributed by atoms with van der Waals surface area (Å²) in [6, 6.07) is 5.23. The molecule has 5 atom stereocenters. The van der Waals surface area contributed by atoms with E-state index in [1.807, 2.05) is 0 Å². The van der Waals surface area contributed by atoms with Crippen LogP contribution in [0.1, 0.15) is 66.3 Å². The van der Waals surface area contributed by atoms with Gasteiger partial charge in [0.25, 0.3) is 0 Å². The molecule has 0 radical (unpaired) electrons. The fourth-order valence-electron chi connectivity index (χ4n) is 3.79. The molecule has 1 aliphatic rings. The molecule has 1 aromatic carbocycles. The minimum absolute atomic E-state index is 0.464. The molecule has 1 saturated heterocycles. The molecule has 172 valence electrons. The van der Waals surface area contributed by atoms with Crippen LogP contribution in [-0.2, 0) is 17.6 Å². The molecule has 1 aliphatic heterocycles. The number of nitrogens with zero attached hydrogens (tertiary/aromatic N) is 2. The molecular formula is C22H31ClN2O5S. The van der Waals surface area contributed by atoms with Crippen molar-refractivity contribution < 1.29 is 25.2 Å². The van der Waals surface area contributed by atoms with E-state index in [1.165, 1.54) is 25.7 Å². The second-order valence-electron chi connectivity index (χ2n) is 8.03. The average molecular weight is 471 g/mol. The second kappa shape index (κ2) is 11.7. The van der Waals surface area contributed by atoms with Crippen molar-refractivity contribution in [3.05, 3.63) is 44.4 Å². The van der Waals surface area contributed by atoms with Crippen molar-refractivity contribution in [1.82, 2.24) is 10.2 Å². The summed E-state index contributed by atoms with van der Waals surface area (Å²) in [5, 5.41) is 50.9. The van der Waals surface area contributed by atoms with Gasteiger partial charge in [0.2, 0.25) is 0 Å². The molecule has 9 heteroatoms. The highest BCUT2D eigenvalue weighted by Gasteiger charge is 2.44. The molecule has 0 amide bonds. The Hall–Kier alpha value is -1.13. The summed E-state index contributed by atoms with van der Waals surface area (Å²) in [4.78, 5) is 0. The number of benzene rings is 1. The first kappa shape index (κ1) is 24.5. The van der Waals surface area contributed by atoms with Gasteiger partial charge in [0.05, 0.1) is 6.61 Å². The molecule has 3 rings (SSSR count). The van der Waals surface area contributed by atoms with E-state index in [2.05, 4.69) is 17.1 Å². The van der Waals surface area contributed by atoms with Crippen molar-refractivity contribution in [2.45, 2.75) is 82.4 Å². The van der Waals surface area contributed by atoms with Crippen molar-refractivity contribution in [1.29, 1.82) is 0 Å². The number of halogens is 1. The highest BCUT2D eigenvalue weighted by atomic mass is 35.5. The lowest BCUT2D eigenvalue weighted by molar-refractivity contribution is -0.231. The number of ether oxygens (including phenoxy) is 1. The van der Waals surface area contributed by atoms with Crippen LogP contribution >= 0.6 is 22.9 Å². The van der Waals surface area contributed by atoms with Gasteiger partial charge in [-0.3, -0.25) is 0 Å². The monoisotopic (exact) mass is 470 g/mol. The highest BCUT2D eigenvalue weighted by molar-refractivity contribution is 7.11. The van der Waals surface area contributed by atoms with E-state index in [1.54, 1.807) is 29.5 Å². The fourth-order valence-corrected chi connectivity index (χ4v) is 4.88. The van der Waals surface area contributed by atoms with E-state index in [-0.39, 0.29) is 0 Å². The number of hydrogen-bond donors (Lipinski definition) is 4. The lowest BCUT2D eigenvalue weighted by Crippen LogP contribution is -2.55. The summed E-state index contributed by atoms with van der Waals surface area (Å²) in [5.74, 6) is 0. The zero-order valence-corrected chi connectivity index (χ0v) is 19.2. The minimum Gasteiger partial charge on any atom is -0.394 e. The summed E-state index contributed by atoms with van der Waals surface area (Å²) in [7, 11) is 0. The van der Waals surface area contributed by atoms with Gasteiger partial charge in [-0.2, -0.15) is 0 Å². The van der Waals surface area contributed by atoms with Crippen LogP contribution in [0.25, 0.3) is 0 Å². The van der Waals surface area contributed by atoms with Gasteiger partial charge in [0, 0.05) is 17.9 Å². The maximum atomic E-state index is 10.4. The molecule has 0 spiro atoms. The molecule has 2 heterocycles. The predicted molar refractivity (Wildman–Crippen MR) is 119 cm³/mol. The number of aromatic nitrogens is 2. The Morgan fingerprint density at radius 1 is 1.00 bits per heavy atom. The first-order valence-corrected chi connectivity index (χ1v) is 12.0. The quantitative estimate of drug-likeness (QED) is 0.394. The van der Waals surface area contributed by atoms with Crippen LogP contribution in [0, 0.1) is 0 Å². The summed E-state index contributed by atoms with van der Waals surface area (Å²) in [6.07, 6.45) is 1.52. The Kier molecular flexibility index (Phi) is 9.21. The van der Waals surface area contributed by atoms with Crippen molar-refractivity contribution in [2.75, 3.05) is 6.61 Å². The summed E-state index contributed by atoms with van der Waals surface area (Å²) in [5.41, 5.74) is 1.42. The van der Waals surface area contributed by atoms with Crippen LogP contribution in [0.2, 0.25) is 5.02 Å². The van der Waals surface area contributed by atoms with Crippen LogP contribution in [-0.4, -0.2) is 61.6 Å². The van der Waals surface area contributed by atoms with Crippen molar-refractivity contribution in [3.63, 3.8) is 0 Å². The smallest absolute Gasteiger partial charge is 0.121 e. The van der Waals surface area contributed by atoms with Crippen molar-refractivity contribution >= 4 is 22.9 Å². The van der Waals surface area contributed by atoms with Gasteiger partial charge in [0.15, 0.2) is 0 Å². The van der Waals surface area contributed by atoms with Crippen LogP contribution < -0.4 is 0 Å². The van der Waals surface area contributed by atoms with Gasteiger partial charge >= 0.3 is 0 Å². The zero-order chi connectivity index (χ0) is 22.4. The molecule has 4 N–H and O–H groups in total. The Morgan fingerprint density at radius 2 is 1.74 bits per heavy atom. The number of hydrogen-bond acceptors (Lipinski definition) is 8. The number of aryl methyl sites for hydroxylation is 1. The maximum Gasteiger partial charge on any atom is 0.121 e. The third-order valence-electron chi connectivity index (χ3n) is 5.64. The molecule has 0 saturated carbocycles. The molecule has 2 aromatic rings. The zero-order valence-electron chi connectivity index (χ0n) is 17.7. The van der Waals surface area contributed by atoms with E-state index < -0.39 is 37.1 Å². The van der Waals surface area contributed by atoms with Crippen LogP contribution in [0.15, 0.2) is 18.2 Å². The number of rotatable bonds is 10. The predicted octanol–water partition coefficient (Wildman–Crippen LogP) is 2.81. The summed E-state index contributed by atoms with van der Waals surface area (Å²) >= 11 is 7.97.